The van der Waals surface area contributed by atoms with Crippen molar-refractivity contribution in [1.82, 2.24) is 5.32 Å². The molecule has 0 aliphatic heterocycles. The normalized spacial score (nSPS) is 12.9. The number of hydrogen-bond acceptors (Lipinski definition) is 3. The fraction of sp³-hybridized carbons (Fsp3) is 0.462. The number of carbonyl (C=O) groups is 1. The van der Waals surface area contributed by atoms with Crippen LogP contribution in [0.25, 0.3) is 0 Å². The molecule has 0 aromatic carbocycles. The van der Waals surface area contributed by atoms with Crippen molar-refractivity contribution >= 4 is 33.4 Å². The van der Waals surface area contributed by atoms with Gasteiger partial charge in [-0.1, -0.05) is 6.08 Å². The summed E-state index contributed by atoms with van der Waals surface area (Å²) in [6, 6.07) is 1.91. The lowest BCUT2D eigenvalue weighted by molar-refractivity contribution is 0.0505. The van der Waals surface area contributed by atoms with Gasteiger partial charge in [0.05, 0.1) is 6.04 Å². The molecule has 1 aromatic heterocycles. The summed E-state index contributed by atoms with van der Waals surface area (Å²) in [5.74, 6) is 0. The first-order valence-corrected chi connectivity index (χ1v) is 7.33. The van der Waals surface area contributed by atoms with Crippen LogP contribution in [0.1, 0.15) is 38.1 Å². The largest absolute Gasteiger partial charge is 0.444 e. The molecular weight excluding hydrogens is 314 g/mol. The molecule has 0 saturated heterocycles. The van der Waals surface area contributed by atoms with E-state index in [9.17, 15) is 4.79 Å². The molecule has 0 bridgehead atoms. The number of amides is 1. The second-order valence-electron chi connectivity index (χ2n) is 4.89. The van der Waals surface area contributed by atoms with Crippen molar-refractivity contribution < 1.29 is 9.53 Å². The molecule has 1 amide bonds. The molecule has 1 atom stereocenters. The van der Waals surface area contributed by atoms with Gasteiger partial charge >= 0.3 is 6.09 Å². The van der Waals surface area contributed by atoms with Crippen molar-refractivity contribution in [3.05, 3.63) is 33.5 Å². The summed E-state index contributed by atoms with van der Waals surface area (Å²) >= 11 is 5.00. The number of carbonyl (C=O) groups excluding carboxylic acids is 1. The summed E-state index contributed by atoms with van der Waals surface area (Å²) < 4.78 is 6.27. The van der Waals surface area contributed by atoms with Crippen LogP contribution in [0.15, 0.2) is 28.6 Å². The minimum absolute atomic E-state index is 0.0892. The average molecular weight is 332 g/mol. The van der Waals surface area contributed by atoms with E-state index in [0.29, 0.717) is 6.42 Å². The van der Waals surface area contributed by atoms with E-state index in [0.717, 1.165) is 9.35 Å². The van der Waals surface area contributed by atoms with E-state index in [4.69, 9.17) is 4.74 Å². The standard InChI is InChI=1S/C13H18BrNO2S/c1-5-6-10(11-7-9(14)8-18-11)15-12(16)17-13(2,3)4/h5,7-8,10H,1,6H2,2-4H3,(H,15,16). The zero-order chi connectivity index (χ0) is 13.8. The zero-order valence-electron chi connectivity index (χ0n) is 10.8. The Morgan fingerprint density at radius 1 is 1.67 bits per heavy atom. The molecule has 0 spiro atoms. The predicted molar refractivity (Wildman–Crippen MR) is 78.9 cm³/mol. The Morgan fingerprint density at radius 3 is 2.78 bits per heavy atom. The Balaban J connectivity index is 2.69. The van der Waals surface area contributed by atoms with E-state index in [2.05, 4.69) is 27.8 Å². The molecule has 0 radical (unpaired) electrons. The van der Waals surface area contributed by atoms with Crippen LogP contribution in [0.5, 0.6) is 0 Å². The van der Waals surface area contributed by atoms with Gasteiger partial charge in [0.2, 0.25) is 0 Å². The summed E-state index contributed by atoms with van der Waals surface area (Å²) in [6.07, 6.45) is 2.06. The number of alkyl carbamates (subject to hydrolysis) is 1. The smallest absolute Gasteiger partial charge is 0.408 e. The number of ether oxygens (including phenoxy) is 1. The number of nitrogens with one attached hydrogen (secondary N) is 1. The third-order valence-corrected chi connectivity index (χ3v) is 3.83. The molecule has 0 aliphatic rings. The lowest BCUT2D eigenvalue weighted by Crippen LogP contribution is -2.34. The van der Waals surface area contributed by atoms with E-state index < -0.39 is 11.7 Å². The highest BCUT2D eigenvalue weighted by molar-refractivity contribution is 9.10. The van der Waals surface area contributed by atoms with Gasteiger partial charge in [0.25, 0.3) is 0 Å². The Bertz CT molecular complexity index is 423. The maximum absolute atomic E-state index is 11.7. The third kappa shape index (κ3) is 5.23. The minimum Gasteiger partial charge on any atom is -0.444 e. The number of rotatable bonds is 4. The lowest BCUT2D eigenvalue weighted by Gasteiger charge is -2.22. The highest BCUT2D eigenvalue weighted by Gasteiger charge is 2.20. The predicted octanol–water partition coefficient (Wildman–Crippen LogP) is 4.65. The Hall–Kier alpha value is -0.810. The van der Waals surface area contributed by atoms with Crippen molar-refractivity contribution in [3.63, 3.8) is 0 Å². The molecule has 100 valence electrons. The van der Waals surface area contributed by atoms with Crippen LogP contribution in [-0.2, 0) is 4.74 Å². The van der Waals surface area contributed by atoms with Crippen molar-refractivity contribution in [3.8, 4) is 0 Å². The van der Waals surface area contributed by atoms with Gasteiger partial charge in [-0.2, -0.15) is 0 Å². The Labute approximate surface area is 120 Å². The number of thiophene rings is 1. The fourth-order valence-corrected chi connectivity index (χ4v) is 2.88. The molecule has 0 saturated carbocycles. The molecule has 1 aromatic rings. The first-order valence-electron chi connectivity index (χ1n) is 5.66. The van der Waals surface area contributed by atoms with Gasteiger partial charge in [-0.25, -0.2) is 4.79 Å². The third-order valence-electron chi connectivity index (χ3n) is 2.02. The minimum atomic E-state index is -0.487. The van der Waals surface area contributed by atoms with E-state index in [1.807, 2.05) is 32.2 Å². The topological polar surface area (TPSA) is 38.3 Å². The van der Waals surface area contributed by atoms with Gasteiger partial charge in [0, 0.05) is 14.7 Å². The molecule has 0 aliphatic carbocycles. The lowest BCUT2D eigenvalue weighted by atomic mass is 10.1. The summed E-state index contributed by atoms with van der Waals surface area (Å²) in [4.78, 5) is 12.8. The first kappa shape index (κ1) is 15.2. The molecule has 0 fully saturated rings. The van der Waals surface area contributed by atoms with Crippen LogP contribution in [0.3, 0.4) is 0 Å². The average Bonchev–Trinajstić information content (AvgIpc) is 2.61. The van der Waals surface area contributed by atoms with Gasteiger partial charge in [0.1, 0.15) is 5.60 Å². The van der Waals surface area contributed by atoms with Crippen molar-refractivity contribution in [1.29, 1.82) is 0 Å². The van der Waals surface area contributed by atoms with Gasteiger partial charge in [-0.05, 0) is 49.2 Å². The highest BCUT2D eigenvalue weighted by atomic mass is 79.9. The molecule has 5 heteroatoms. The van der Waals surface area contributed by atoms with Crippen molar-refractivity contribution in [2.75, 3.05) is 0 Å². The number of halogens is 1. The number of hydrogen-bond donors (Lipinski definition) is 1. The molecule has 1 unspecified atom stereocenters. The fourth-order valence-electron chi connectivity index (χ4n) is 1.37. The monoisotopic (exact) mass is 331 g/mol. The van der Waals surface area contributed by atoms with Gasteiger partial charge in [0.15, 0.2) is 0 Å². The molecule has 1 rings (SSSR count). The van der Waals surface area contributed by atoms with Gasteiger partial charge in [-0.3, -0.25) is 0 Å². The second-order valence-corrected chi connectivity index (χ2v) is 6.75. The van der Waals surface area contributed by atoms with Crippen LogP contribution < -0.4 is 5.32 Å². The molecular formula is C13H18BrNO2S. The van der Waals surface area contributed by atoms with E-state index in [1.54, 1.807) is 17.4 Å². The van der Waals surface area contributed by atoms with Crippen molar-refractivity contribution in [2.24, 2.45) is 0 Å². The molecule has 1 heterocycles. The molecule has 18 heavy (non-hydrogen) atoms. The van der Waals surface area contributed by atoms with E-state index in [1.165, 1.54) is 0 Å². The van der Waals surface area contributed by atoms with Crippen LogP contribution in [0.2, 0.25) is 0 Å². The Morgan fingerprint density at radius 2 is 2.33 bits per heavy atom. The zero-order valence-corrected chi connectivity index (χ0v) is 13.2. The summed E-state index contributed by atoms with van der Waals surface area (Å²) in [5.41, 5.74) is -0.487. The first-order chi connectivity index (χ1) is 8.31. The van der Waals surface area contributed by atoms with Gasteiger partial charge < -0.3 is 10.1 Å². The van der Waals surface area contributed by atoms with Crippen LogP contribution in [0.4, 0.5) is 4.79 Å². The van der Waals surface area contributed by atoms with E-state index in [-0.39, 0.29) is 6.04 Å². The van der Waals surface area contributed by atoms with Crippen molar-refractivity contribution in [2.45, 2.75) is 38.8 Å². The van der Waals surface area contributed by atoms with Crippen LogP contribution in [0, 0.1) is 0 Å². The molecule has 3 nitrogen and oxygen atoms in total. The van der Waals surface area contributed by atoms with Crippen LogP contribution >= 0.6 is 27.3 Å². The summed E-state index contributed by atoms with van der Waals surface area (Å²) in [6.45, 7) is 9.25. The highest BCUT2D eigenvalue weighted by Crippen LogP contribution is 2.28. The summed E-state index contributed by atoms with van der Waals surface area (Å²) in [7, 11) is 0. The maximum atomic E-state index is 11.7. The Kier molecular flexibility index (Phi) is 5.41. The second kappa shape index (κ2) is 6.38. The quantitative estimate of drug-likeness (QED) is 0.815. The maximum Gasteiger partial charge on any atom is 0.408 e. The summed E-state index contributed by atoms with van der Waals surface area (Å²) in [5, 5.41) is 4.85. The van der Waals surface area contributed by atoms with Gasteiger partial charge in [-0.15, -0.1) is 17.9 Å². The molecule has 1 N–H and O–H groups in total. The van der Waals surface area contributed by atoms with Crippen LogP contribution in [-0.4, -0.2) is 11.7 Å². The van der Waals surface area contributed by atoms with E-state index >= 15 is 0 Å². The SMILES string of the molecule is C=CCC(NC(=O)OC(C)(C)C)c1cc(Br)cs1.